The summed E-state index contributed by atoms with van der Waals surface area (Å²) < 4.78 is 0. The minimum absolute atomic E-state index is 0.267. The molecule has 2 rings (SSSR count). The maximum absolute atomic E-state index is 12.1. The molecule has 2 unspecified atom stereocenters. The zero-order valence-corrected chi connectivity index (χ0v) is 11.5. The highest BCUT2D eigenvalue weighted by Crippen LogP contribution is 2.28. The van der Waals surface area contributed by atoms with E-state index in [2.05, 4.69) is 31.0 Å². The molecule has 2 aliphatic rings. The van der Waals surface area contributed by atoms with Crippen LogP contribution in [-0.4, -0.2) is 37.0 Å². The van der Waals surface area contributed by atoms with E-state index in [1.54, 1.807) is 0 Å². The lowest BCUT2D eigenvalue weighted by Gasteiger charge is -2.35. The molecule has 2 aliphatic heterocycles. The number of carbonyl (C=O) groups excluding carboxylic acids is 1. The van der Waals surface area contributed by atoms with E-state index in [1.807, 2.05) is 0 Å². The van der Waals surface area contributed by atoms with E-state index in [4.69, 9.17) is 0 Å². The Bertz CT molecular complexity index is 282. The van der Waals surface area contributed by atoms with Crippen molar-refractivity contribution in [2.45, 2.75) is 40.0 Å². The van der Waals surface area contributed by atoms with Gasteiger partial charge in [0.25, 0.3) is 0 Å². The molecular formula is C14H26N2O. The molecule has 0 bridgehead atoms. The molecule has 0 spiro atoms. The Kier molecular flexibility index (Phi) is 3.76. The van der Waals surface area contributed by atoms with E-state index in [0.717, 1.165) is 38.5 Å². The maximum atomic E-state index is 12.1. The van der Waals surface area contributed by atoms with E-state index in [-0.39, 0.29) is 5.41 Å². The molecule has 0 saturated carbocycles. The number of nitrogens with one attached hydrogen (secondary N) is 1. The van der Waals surface area contributed by atoms with E-state index in [9.17, 15) is 4.79 Å². The molecule has 3 heteroatoms. The highest BCUT2D eigenvalue weighted by Gasteiger charge is 2.34. The standard InChI is InChI=1S/C14H26N2O/c1-14(2,3)6-4-13(17)16-7-5-11-8-15-9-12(11)10-16/h11-12,15H,4-10H2,1-3H3. The lowest BCUT2D eigenvalue weighted by atomic mass is 9.87. The normalized spacial score (nSPS) is 29.2. The van der Waals surface area contributed by atoms with Crippen LogP contribution in [0.15, 0.2) is 0 Å². The summed E-state index contributed by atoms with van der Waals surface area (Å²) in [6.07, 6.45) is 2.90. The Morgan fingerprint density at radius 3 is 2.71 bits per heavy atom. The third-order valence-electron chi connectivity index (χ3n) is 4.15. The average Bonchev–Trinajstić information content (AvgIpc) is 2.71. The average molecular weight is 238 g/mol. The van der Waals surface area contributed by atoms with Crippen LogP contribution in [0.1, 0.15) is 40.0 Å². The van der Waals surface area contributed by atoms with Crippen molar-refractivity contribution in [2.24, 2.45) is 17.3 Å². The first kappa shape index (κ1) is 12.9. The van der Waals surface area contributed by atoms with Crippen LogP contribution < -0.4 is 5.32 Å². The molecule has 2 fully saturated rings. The molecule has 3 nitrogen and oxygen atoms in total. The van der Waals surface area contributed by atoms with Crippen molar-refractivity contribution in [3.05, 3.63) is 0 Å². The number of rotatable bonds is 2. The van der Waals surface area contributed by atoms with E-state index < -0.39 is 0 Å². The van der Waals surface area contributed by atoms with Gasteiger partial charge in [-0.3, -0.25) is 4.79 Å². The Labute approximate surface area is 105 Å². The second-order valence-electron chi connectivity index (χ2n) is 6.87. The molecule has 2 saturated heterocycles. The van der Waals surface area contributed by atoms with Crippen LogP contribution in [0.2, 0.25) is 0 Å². The predicted molar refractivity (Wildman–Crippen MR) is 69.7 cm³/mol. The summed E-state index contributed by atoms with van der Waals surface area (Å²) in [5.74, 6) is 1.90. The summed E-state index contributed by atoms with van der Waals surface area (Å²) in [5.41, 5.74) is 0.267. The van der Waals surface area contributed by atoms with Crippen molar-refractivity contribution in [1.82, 2.24) is 10.2 Å². The summed E-state index contributed by atoms with van der Waals surface area (Å²) in [4.78, 5) is 14.2. The monoisotopic (exact) mass is 238 g/mol. The van der Waals surface area contributed by atoms with Gasteiger partial charge in [-0.15, -0.1) is 0 Å². The molecule has 0 aromatic rings. The minimum Gasteiger partial charge on any atom is -0.342 e. The first-order valence-corrected chi connectivity index (χ1v) is 6.94. The fourth-order valence-corrected chi connectivity index (χ4v) is 2.90. The first-order chi connectivity index (χ1) is 7.96. The highest BCUT2D eigenvalue weighted by molar-refractivity contribution is 5.76. The largest absolute Gasteiger partial charge is 0.342 e. The topological polar surface area (TPSA) is 32.3 Å². The molecular weight excluding hydrogens is 212 g/mol. The summed E-state index contributed by atoms with van der Waals surface area (Å²) in [6, 6.07) is 0. The number of hydrogen-bond donors (Lipinski definition) is 1. The number of likely N-dealkylation sites (tertiary alicyclic amines) is 1. The smallest absolute Gasteiger partial charge is 0.222 e. The van der Waals surface area contributed by atoms with Crippen LogP contribution in [0.5, 0.6) is 0 Å². The molecule has 1 N–H and O–H groups in total. The number of piperidine rings is 1. The fraction of sp³-hybridized carbons (Fsp3) is 0.929. The lowest BCUT2D eigenvalue weighted by molar-refractivity contribution is -0.133. The van der Waals surface area contributed by atoms with E-state index in [0.29, 0.717) is 18.2 Å². The Morgan fingerprint density at radius 2 is 2.00 bits per heavy atom. The summed E-state index contributed by atoms with van der Waals surface area (Å²) in [5, 5.41) is 3.44. The van der Waals surface area contributed by atoms with Gasteiger partial charge in [0.2, 0.25) is 5.91 Å². The number of nitrogens with zero attached hydrogens (tertiary/aromatic N) is 1. The molecule has 2 heterocycles. The van der Waals surface area contributed by atoms with Crippen LogP contribution in [0, 0.1) is 17.3 Å². The summed E-state index contributed by atoms with van der Waals surface area (Å²) in [7, 11) is 0. The van der Waals surface area contributed by atoms with Crippen molar-refractivity contribution in [3.8, 4) is 0 Å². The van der Waals surface area contributed by atoms with Gasteiger partial charge < -0.3 is 10.2 Å². The van der Waals surface area contributed by atoms with Crippen LogP contribution in [0.4, 0.5) is 0 Å². The Balaban J connectivity index is 1.80. The zero-order chi connectivity index (χ0) is 12.5. The molecule has 0 aromatic heterocycles. The van der Waals surface area contributed by atoms with Gasteiger partial charge in [-0.1, -0.05) is 20.8 Å². The molecule has 0 aliphatic carbocycles. The van der Waals surface area contributed by atoms with Crippen molar-refractivity contribution < 1.29 is 4.79 Å². The molecule has 0 aromatic carbocycles. The summed E-state index contributed by atoms with van der Waals surface area (Å²) >= 11 is 0. The number of fused-ring (bicyclic) bond motifs is 1. The second-order valence-corrected chi connectivity index (χ2v) is 6.87. The van der Waals surface area contributed by atoms with Gasteiger partial charge in [-0.25, -0.2) is 0 Å². The van der Waals surface area contributed by atoms with Gasteiger partial charge in [0.05, 0.1) is 0 Å². The number of carbonyl (C=O) groups is 1. The van der Waals surface area contributed by atoms with Gasteiger partial charge in [-0.05, 0) is 43.2 Å². The van der Waals surface area contributed by atoms with Gasteiger partial charge in [0, 0.05) is 19.5 Å². The third-order valence-corrected chi connectivity index (χ3v) is 4.15. The zero-order valence-electron chi connectivity index (χ0n) is 11.5. The second kappa shape index (κ2) is 4.97. The van der Waals surface area contributed by atoms with Crippen LogP contribution in [0.25, 0.3) is 0 Å². The van der Waals surface area contributed by atoms with Gasteiger partial charge in [0.1, 0.15) is 0 Å². The lowest BCUT2D eigenvalue weighted by Crippen LogP contribution is -2.43. The molecule has 0 radical (unpaired) electrons. The molecule has 98 valence electrons. The fourth-order valence-electron chi connectivity index (χ4n) is 2.90. The van der Waals surface area contributed by atoms with E-state index in [1.165, 1.54) is 6.42 Å². The van der Waals surface area contributed by atoms with Gasteiger partial charge >= 0.3 is 0 Å². The van der Waals surface area contributed by atoms with Crippen LogP contribution in [-0.2, 0) is 4.79 Å². The summed E-state index contributed by atoms with van der Waals surface area (Å²) in [6.45, 7) is 10.8. The van der Waals surface area contributed by atoms with Crippen molar-refractivity contribution in [3.63, 3.8) is 0 Å². The SMILES string of the molecule is CC(C)(C)CCC(=O)N1CCC2CNCC2C1. The number of hydrogen-bond acceptors (Lipinski definition) is 2. The quantitative estimate of drug-likeness (QED) is 0.796. The third kappa shape index (κ3) is 3.44. The first-order valence-electron chi connectivity index (χ1n) is 6.94. The van der Waals surface area contributed by atoms with Crippen molar-refractivity contribution in [2.75, 3.05) is 26.2 Å². The van der Waals surface area contributed by atoms with Gasteiger partial charge in [-0.2, -0.15) is 0 Å². The van der Waals surface area contributed by atoms with Crippen LogP contribution >= 0.6 is 0 Å². The van der Waals surface area contributed by atoms with Gasteiger partial charge in [0.15, 0.2) is 0 Å². The molecule has 2 atom stereocenters. The highest BCUT2D eigenvalue weighted by atomic mass is 16.2. The Morgan fingerprint density at radius 1 is 1.29 bits per heavy atom. The Hall–Kier alpha value is -0.570. The maximum Gasteiger partial charge on any atom is 0.222 e. The molecule has 17 heavy (non-hydrogen) atoms. The van der Waals surface area contributed by atoms with Crippen LogP contribution in [0.3, 0.4) is 0 Å². The van der Waals surface area contributed by atoms with Crippen molar-refractivity contribution >= 4 is 5.91 Å². The van der Waals surface area contributed by atoms with Crippen molar-refractivity contribution in [1.29, 1.82) is 0 Å². The minimum atomic E-state index is 0.267. The molecule has 1 amide bonds. The van der Waals surface area contributed by atoms with E-state index >= 15 is 0 Å². The predicted octanol–water partition coefficient (Wildman–Crippen LogP) is 1.88. The number of amides is 1.